The second-order valence-corrected chi connectivity index (χ2v) is 4.89. The number of benzene rings is 1. The van der Waals surface area contributed by atoms with E-state index >= 15 is 0 Å². The molecule has 2 aromatic rings. The van der Waals surface area contributed by atoms with Gasteiger partial charge in [0.05, 0.1) is 22.8 Å². The third kappa shape index (κ3) is 4.29. The number of rotatable bonds is 5. The number of hydrogen-bond donors (Lipinski definition) is 2. The molecule has 122 valence electrons. The van der Waals surface area contributed by atoms with Crippen molar-refractivity contribution < 1.29 is 4.79 Å². The van der Waals surface area contributed by atoms with Gasteiger partial charge in [-0.25, -0.2) is 4.98 Å². The minimum Gasteiger partial charge on any atom is -0.344 e. The van der Waals surface area contributed by atoms with Gasteiger partial charge in [-0.15, -0.1) is 24.8 Å². The van der Waals surface area contributed by atoms with Crippen LogP contribution in [0, 0.1) is 0 Å². The molecule has 5 nitrogen and oxygen atoms in total. The lowest BCUT2D eigenvalue weighted by atomic mass is 9.93. The van der Waals surface area contributed by atoms with E-state index in [1.54, 1.807) is 0 Å². The van der Waals surface area contributed by atoms with E-state index in [0.29, 0.717) is 17.8 Å². The van der Waals surface area contributed by atoms with Gasteiger partial charge in [-0.1, -0.05) is 26.0 Å². The molecule has 0 fully saturated rings. The molecule has 1 aromatic heterocycles. The number of fused-ring (bicyclic) bond motifs is 1. The first-order valence-electron chi connectivity index (χ1n) is 6.88. The highest BCUT2D eigenvalue weighted by Gasteiger charge is 2.27. The van der Waals surface area contributed by atoms with Crippen LogP contribution < -0.4 is 11.1 Å². The number of aromatic nitrogens is 2. The van der Waals surface area contributed by atoms with Crippen molar-refractivity contribution in [2.24, 2.45) is 5.73 Å². The molecule has 0 radical (unpaired) electrons. The fraction of sp³-hybridized carbons (Fsp3) is 0.400. The lowest BCUT2D eigenvalue weighted by Gasteiger charge is -2.31. The third-order valence-electron chi connectivity index (χ3n) is 3.80. The number of hydrogen-bond acceptors (Lipinski definition) is 4. The van der Waals surface area contributed by atoms with Crippen molar-refractivity contribution in [2.45, 2.75) is 32.2 Å². The molecule has 0 aliphatic carbocycles. The van der Waals surface area contributed by atoms with Crippen LogP contribution in [0.15, 0.2) is 30.5 Å². The zero-order valence-corrected chi connectivity index (χ0v) is 14.3. The Balaban J connectivity index is 0.00000220. The first-order chi connectivity index (χ1) is 9.64. The fourth-order valence-corrected chi connectivity index (χ4v) is 2.14. The molecule has 0 saturated heterocycles. The first-order valence-corrected chi connectivity index (χ1v) is 6.88. The van der Waals surface area contributed by atoms with Crippen molar-refractivity contribution in [3.63, 3.8) is 0 Å². The maximum absolute atomic E-state index is 12.3. The number of halogens is 2. The summed E-state index contributed by atoms with van der Waals surface area (Å²) in [5, 5.41) is 2.99. The monoisotopic (exact) mass is 344 g/mol. The van der Waals surface area contributed by atoms with Gasteiger partial charge in [-0.05, 0) is 25.0 Å². The van der Waals surface area contributed by atoms with E-state index in [2.05, 4.69) is 15.3 Å². The van der Waals surface area contributed by atoms with E-state index < -0.39 is 0 Å². The Bertz CT molecular complexity index is 609. The van der Waals surface area contributed by atoms with Crippen LogP contribution in [0.1, 0.15) is 37.2 Å². The molecule has 1 amide bonds. The summed E-state index contributed by atoms with van der Waals surface area (Å²) in [7, 11) is 0. The summed E-state index contributed by atoms with van der Waals surface area (Å²) in [5.41, 5.74) is 7.24. The molecule has 0 aliphatic rings. The van der Waals surface area contributed by atoms with E-state index in [1.165, 1.54) is 6.20 Å². The molecule has 0 aliphatic heterocycles. The Hall–Kier alpha value is -1.43. The highest BCUT2D eigenvalue weighted by Crippen LogP contribution is 2.15. The maximum Gasteiger partial charge on any atom is 0.271 e. The van der Waals surface area contributed by atoms with Crippen LogP contribution in [-0.2, 0) is 0 Å². The van der Waals surface area contributed by atoms with Gasteiger partial charge in [0.1, 0.15) is 5.69 Å². The molecular formula is C15H22Cl2N4O. The van der Waals surface area contributed by atoms with Gasteiger partial charge in [0.15, 0.2) is 0 Å². The van der Waals surface area contributed by atoms with Gasteiger partial charge in [-0.3, -0.25) is 9.78 Å². The second-order valence-electron chi connectivity index (χ2n) is 4.89. The van der Waals surface area contributed by atoms with Crippen molar-refractivity contribution in [2.75, 3.05) is 6.54 Å². The average molecular weight is 345 g/mol. The summed E-state index contributed by atoms with van der Waals surface area (Å²) in [6.45, 7) is 4.44. The van der Waals surface area contributed by atoms with E-state index in [9.17, 15) is 4.79 Å². The zero-order valence-electron chi connectivity index (χ0n) is 12.7. The lowest BCUT2D eigenvalue weighted by molar-refractivity contribution is 0.0890. The van der Waals surface area contributed by atoms with Gasteiger partial charge >= 0.3 is 0 Å². The summed E-state index contributed by atoms with van der Waals surface area (Å²) in [6, 6.07) is 7.48. The topological polar surface area (TPSA) is 80.9 Å². The van der Waals surface area contributed by atoms with Gasteiger partial charge in [0.2, 0.25) is 0 Å². The lowest BCUT2D eigenvalue weighted by Crippen LogP contribution is -2.53. The number of para-hydroxylation sites is 2. The second kappa shape index (κ2) is 8.88. The SMILES string of the molecule is CCC(CC)(CN)NC(=O)c1cnc2ccccc2n1.Cl.Cl. The Morgan fingerprint density at radius 2 is 1.77 bits per heavy atom. The van der Waals surface area contributed by atoms with E-state index in [4.69, 9.17) is 5.73 Å². The molecule has 0 spiro atoms. The summed E-state index contributed by atoms with van der Waals surface area (Å²) >= 11 is 0. The molecular weight excluding hydrogens is 323 g/mol. The minimum atomic E-state index is -0.371. The maximum atomic E-state index is 12.3. The molecule has 1 aromatic carbocycles. The molecule has 0 saturated carbocycles. The van der Waals surface area contributed by atoms with Gasteiger partial charge in [0, 0.05) is 6.54 Å². The molecule has 0 unspecified atom stereocenters. The minimum absolute atomic E-state index is 0. The quantitative estimate of drug-likeness (QED) is 0.873. The largest absolute Gasteiger partial charge is 0.344 e. The standard InChI is InChI=1S/C15H20N4O.2ClH/c1-3-15(4-2,10-16)19-14(20)13-9-17-11-7-5-6-8-12(11)18-13;;/h5-9H,3-4,10,16H2,1-2H3,(H,19,20);2*1H. The van der Waals surface area contributed by atoms with E-state index in [1.807, 2.05) is 38.1 Å². The molecule has 1 heterocycles. The predicted molar refractivity (Wildman–Crippen MR) is 93.9 cm³/mol. The van der Waals surface area contributed by atoms with Crippen LogP contribution in [0.3, 0.4) is 0 Å². The third-order valence-corrected chi connectivity index (χ3v) is 3.80. The molecule has 0 atom stereocenters. The number of carbonyl (C=O) groups is 1. The number of nitrogens with one attached hydrogen (secondary N) is 1. The number of nitrogens with two attached hydrogens (primary N) is 1. The van der Waals surface area contributed by atoms with E-state index in [-0.39, 0.29) is 36.3 Å². The number of carbonyl (C=O) groups excluding carboxylic acids is 1. The van der Waals surface area contributed by atoms with Crippen molar-refractivity contribution in [3.8, 4) is 0 Å². The molecule has 3 N–H and O–H groups in total. The summed E-state index contributed by atoms with van der Waals surface area (Å²) in [6.07, 6.45) is 3.07. The van der Waals surface area contributed by atoms with Gasteiger partial charge in [-0.2, -0.15) is 0 Å². The Morgan fingerprint density at radius 3 is 2.32 bits per heavy atom. The summed E-state index contributed by atoms with van der Waals surface area (Å²) in [5.74, 6) is -0.225. The smallest absolute Gasteiger partial charge is 0.271 e. The fourth-order valence-electron chi connectivity index (χ4n) is 2.14. The van der Waals surface area contributed by atoms with Crippen LogP contribution in [0.4, 0.5) is 0 Å². The normalized spacial score (nSPS) is 10.5. The summed E-state index contributed by atoms with van der Waals surface area (Å²) in [4.78, 5) is 20.9. The Kier molecular flexibility index (Phi) is 8.30. The van der Waals surface area contributed by atoms with Crippen LogP contribution in [0.2, 0.25) is 0 Å². The first kappa shape index (κ1) is 20.6. The highest BCUT2D eigenvalue weighted by atomic mass is 35.5. The van der Waals surface area contributed by atoms with Gasteiger partial charge < -0.3 is 11.1 Å². The van der Waals surface area contributed by atoms with Crippen LogP contribution in [0.25, 0.3) is 11.0 Å². The summed E-state index contributed by atoms with van der Waals surface area (Å²) < 4.78 is 0. The van der Waals surface area contributed by atoms with E-state index in [0.717, 1.165) is 18.4 Å². The number of nitrogens with zero attached hydrogens (tertiary/aromatic N) is 2. The molecule has 22 heavy (non-hydrogen) atoms. The van der Waals surface area contributed by atoms with Crippen molar-refractivity contribution in [3.05, 3.63) is 36.2 Å². The Morgan fingerprint density at radius 1 is 1.18 bits per heavy atom. The predicted octanol–water partition coefficient (Wildman–Crippen LogP) is 2.72. The highest BCUT2D eigenvalue weighted by molar-refractivity contribution is 5.94. The molecule has 7 heteroatoms. The zero-order chi connectivity index (χ0) is 14.6. The molecule has 2 rings (SSSR count). The van der Waals surface area contributed by atoms with Crippen molar-refractivity contribution >= 4 is 41.8 Å². The molecule has 0 bridgehead atoms. The van der Waals surface area contributed by atoms with Crippen molar-refractivity contribution in [1.29, 1.82) is 0 Å². The van der Waals surface area contributed by atoms with Crippen LogP contribution in [-0.4, -0.2) is 28.0 Å². The van der Waals surface area contributed by atoms with Crippen molar-refractivity contribution in [1.82, 2.24) is 15.3 Å². The van der Waals surface area contributed by atoms with Gasteiger partial charge in [0.25, 0.3) is 5.91 Å². The van der Waals surface area contributed by atoms with Crippen LogP contribution >= 0.6 is 24.8 Å². The van der Waals surface area contributed by atoms with Crippen LogP contribution in [0.5, 0.6) is 0 Å². The average Bonchev–Trinajstić information content (AvgIpc) is 2.52. The number of amides is 1. The Labute approximate surface area is 142 Å².